The predicted molar refractivity (Wildman–Crippen MR) is 93.4 cm³/mol. The molecule has 0 unspecified atom stereocenters. The van der Waals surface area contributed by atoms with Crippen molar-refractivity contribution in [2.75, 3.05) is 10.6 Å². The molecule has 0 saturated heterocycles. The highest BCUT2D eigenvalue weighted by Gasteiger charge is 2.23. The zero-order valence-corrected chi connectivity index (χ0v) is 13.2. The van der Waals surface area contributed by atoms with Crippen LogP contribution in [-0.2, 0) is 0 Å². The van der Waals surface area contributed by atoms with Crippen molar-refractivity contribution >= 4 is 28.1 Å². The Morgan fingerprint density at radius 3 is 2.92 bits per heavy atom. The van der Waals surface area contributed by atoms with E-state index in [1.165, 1.54) is 18.5 Å². The number of amides is 1. The van der Waals surface area contributed by atoms with Crippen LogP contribution >= 0.6 is 0 Å². The average molecular weight is 338 g/mol. The first-order valence-corrected chi connectivity index (χ1v) is 7.95. The van der Waals surface area contributed by atoms with Crippen LogP contribution in [0.15, 0.2) is 47.5 Å². The van der Waals surface area contributed by atoms with Crippen LogP contribution in [-0.4, -0.2) is 21.9 Å². The van der Waals surface area contributed by atoms with E-state index in [0.717, 1.165) is 12.8 Å². The van der Waals surface area contributed by atoms with Crippen molar-refractivity contribution in [1.82, 2.24) is 9.97 Å². The van der Waals surface area contributed by atoms with Gasteiger partial charge in [0.25, 0.3) is 11.5 Å². The van der Waals surface area contributed by atoms with Gasteiger partial charge in [-0.25, -0.2) is 4.39 Å². The molecule has 0 radical (unpaired) electrons. The fourth-order valence-electron chi connectivity index (χ4n) is 2.62. The summed E-state index contributed by atoms with van der Waals surface area (Å²) in [6.07, 6.45) is 5.02. The van der Waals surface area contributed by atoms with Crippen LogP contribution in [0, 0.1) is 5.82 Å². The lowest BCUT2D eigenvalue weighted by molar-refractivity contribution is 0.102. The second kappa shape index (κ2) is 6.01. The van der Waals surface area contributed by atoms with E-state index in [1.54, 1.807) is 24.3 Å². The van der Waals surface area contributed by atoms with Crippen molar-refractivity contribution in [3.05, 3.63) is 64.6 Å². The normalized spacial score (nSPS) is 13.6. The predicted octanol–water partition coefficient (Wildman–Crippen LogP) is 2.89. The van der Waals surface area contributed by atoms with Gasteiger partial charge in [0.15, 0.2) is 0 Å². The summed E-state index contributed by atoms with van der Waals surface area (Å²) in [6, 6.07) is 8.08. The highest BCUT2D eigenvalue weighted by atomic mass is 19.1. The van der Waals surface area contributed by atoms with E-state index in [2.05, 4.69) is 20.6 Å². The number of nitrogens with zero attached hydrogens (tertiary/aromatic N) is 1. The van der Waals surface area contributed by atoms with Crippen molar-refractivity contribution in [3.63, 3.8) is 0 Å². The minimum absolute atomic E-state index is 0.0596. The molecule has 126 valence electrons. The second-order valence-corrected chi connectivity index (χ2v) is 6.01. The molecule has 1 aliphatic rings. The number of anilines is 2. The SMILES string of the molecule is O=C(Nc1c(F)cccc1NC1CC1)c1cc2ccncc2c(=O)[nH]1. The lowest BCUT2D eigenvalue weighted by atomic mass is 10.2. The third-order valence-electron chi connectivity index (χ3n) is 4.08. The van der Waals surface area contributed by atoms with Gasteiger partial charge in [0.2, 0.25) is 0 Å². The van der Waals surface area contributed by atoms with Gasteiger partial charge in [-0.05, 0) is 42.5 Å². The van der Waals surface area contributed by atoms with Crippen LogP contribution in [0.4, 0.5) is 15.8 Å². The number of aromatic nitrogens is 2. The number of pyridine rings is 2. The standard InChI is InChI=1S/C18H15FN4O2/c19-13-2-1-3-14(21-11-4-5-11)16(13)23-18(25)15-8-10-6-7-20-9-12(10)17(24)22-15/h1-3,6-9,11,21H,4-5H2,(H,22,24)(H,23,25). The maximum absolute atomic E-state index is 14.2. The average Bonchev–Trinajstić information content (AvgIpc) is 3.42. The van der Waals surface area contributed by atoms with Gasteiger partial charge in [-0.2, -0.15) is 0 Å². The van der Waals surface area contributed by atoms with Crippen LogP contribution in [0.3, 0.4) is 0 Å². The molecular formula is C18H15FN4O2. The van der Waals surface area contributed by atoms with Gasteiger partial charge in [-0.15, -0.1) is 0 Å². The smallest absolute Gasteiger partial charge is 0.272 e. The molecule has 1 aromatic carbocycles. The van der Waals surface area contributed by atoms with E-state index in [9.17, 15) is 14.0 Å². The first kappa shape index (κ1) is 15.3. The molecule has 4 rings (SSSR count). The monoisotopic (exact) mass is 338 g/mol. The summed E-state index contributed by atoms with van der Waals surface area (Å²) in [5.74, 6) is -1.12. The van der Waals surface area contributed by atoms with Gasteiger partial charge in [0.05, 0.1) is 11.1 Å². The molecule has 25 heavy (non-hydrogen) atoms. The maximum atomic E-state index is 14.2. The summed E-state index contributed by atoms with van der Waals surface area (Å²) in [5, 5.41) is 6.73. The zero-order chi connectivity index (χ0) is 17.4. The number of halogens is 1. The minimum atomic E-state index is -0.584. The van der Waals surface area contributed by atoms with Gasteiger partial charge < -0.3 is 15.6 Å². The summed E-state index contributed by atoms with van der Waals surface area (Å²) in [7, 11) is 0. The van der Waals surface area contributed by atoms with Crippen molar-refractivity contribution in [1.29, 1.82) is 0 Å². The molecule has 7 heteroatoms. The van der Waals surface area contributed by atoms with Gasteiger partial charge in [0.1, 0.15) is 17.2 Å². The van der Waals surface area contributed by atoms with Crippen molar-refractivity contribution < 1.29 is 9.18 Å². The number of hydrogen-bond donors (Lipinski definition) is 3. The first-order chi connectivity index (χ1) is 12.1. The molecule has 3 N–H and O–H groups in total. The van der Waals surface area contributed by atoms with Gasteiger partial charge in [0, 0.05) is 18.4 Å². The van der Waals surface area contributed by atoms with Crippen molar-refractivity contribution in [2.24, 2.45) is 0 Å². The zero-order valence-electron chi connectivity index (χ0n) is 13.2. The Labute approximate surface area is 142 Å². The van der Waals surface area contributed by atoms with E-state index in [0.29, 0.717) is 22.5 Å². The molecule has 0 atom stereocenters. The fourth-order valence-corrected chi connectivity index (χ4v) is 2.62. The fraction of sp³-hybridized carbons (Fsp3) is 0.167. The van der Waals surface area contributed by atoms with E-state index < -0.39 is 17.3 Å². The van der Waals surface area contributed by atoms with Crippen LogP contribution in [0.1, 0.15) is 23.3 Å². The Hall–Kier alpha value is -3.22. The molecule has 1 fully saturated rings. The Kier molecular flexibility index (Phi) is 3.68. The lowest BCUT2D eigenvalue weighted by Gasteiger charge is -2.13. The Morgan fingerprint density at radius 1 is 1.28 bits per heavy atom. The summed E-state index contributed by atoms with van der Waals surface area (Å²) >= 11 is 0. The van der Waals surface area contributed by atoms with Crippen LogP contribution in [0.2, 0.25) is 0 Å². The van der Waals surface area contributed by atoms with E-state index >= 15 is 0 Å². The highest BCUT2D eigenvalue weighted by Crippen LogP contribution is 2.31. The molecule has 0 bridgehead atoms. The number of nitrogens with one attached hydrogen (secondary N) is 3. The number of carbonyl (C=O) groups excluding carboxylic acids is 1. The summed E-state index contributed by atoms with van der Waals surface area (Å²) < 4.78 is 14.2. The molecule has 2 heterocycles. The molecular weight excluding hydrogens is 323 g/mol. The molecule has 2 aromatic heterocycles. The third-order valence-corrected chi connectivity index (χ3v) is 4.08. The van der Waals surface area contributed by atoms with E-state index in [-0.39, 0.29) is 11.4 Å². The summed E-state index contributed by atoms with van der Waals surface area (Å²) in [5.41, 5.74) is 0.253. The molecule has 0 spiro atoms. The number of benzene rings is 1. The number of para-hydroxylation sites is 1. The molecule has 1 saturated carbocycles. The highest BCUT2D eigenvalue weighted by molar-refractivity contribution is 6.06. The van der Waals surface area contributed by atoms with Crippen molar-refractivity contribution in [3.8, 4) is 0 Å². The number of carbonyl (C=O) groups is 1. The molecule has 1 aliphatic carbocycles. The molecule has 1 amide bonds. The van der Waals surface area contributed by atoms with Crippen LogP contribution in [0.25, 0.3) is 10.8 Å². The quantitative estimate of drug-likeness (QED) is 0.683. The maximum Gasteiger partial charge on any atom is 0.272 e. The van der Waals surface area contributed by atoms with E-state index in [4.69, 9.17) is 0 Å². The Balaban J connectivity index is 1.67. The van der Waals surface area contributed by atoms with Crippen molar-refractivity contribution in [2.45, 2.75) is 18.9 Å². The number of H-pyrrole nitrogens is 1. The summed E-state index contributed by atoms with van der Waals surface area (Å²) in [4.78, 5) is 31.0. The number of hydrogen-bond acceptors (Lipinski definition) is 4. The van der Waals surface area contributed by atoms with E-state index in [1.807, 2.05) is 0 Å². The van der Waals surface area contributed by atoms with Crippen LogP contribution in [0.5, 0.6) is 0 Å². The van der Waals surface area contributed by atoms with Gasteiger partial charge in [-0.3, -0.25) is 14.6 Å². The number of aromatic amines is 1. The first-order valence-electron chi connectivity index (χ1n) is 7.95. The molecule has 6 nitrogen and oxygen atoms in total. The number of rotatable bonds is 4. The lowest BCUT2D eigenvalue weighted by Crippen LogP contribution is -2.20. The number of fused-ring (bicyclic) bond motifs is 1. The van der Waals surface area contributed by atoms with Gasteiger partial charge in [-0.1, -0.05) is 6.07 Å². The summed E-state index contributed by atoms with van der Waals surface area (Å²) in [6.45, 7) is 0. The topological polar surface area (TPSA) is 86.9 Å². The van der Waals surface area contributed by atoms with Crippen LogP contribution < -0.4 is 16.2 Å². The molecule has 3 aromatic rings. The molecule has 0 aliphatic heterocycles. The second-order valence-electron chi connectivity index (χ2n) is 6.01. The largest absolute Gasteiger partial charge is 0.381 e. The Morgan fingerprint density at radius 2 is 2.12 bits per heavy atom. The van der Waals surface area contributed by atoms with Gasteiger partial charge >= 0.3 is 0 Å². The minimum Gasteiger partial charge on any atom is -0.381 e. The third kappa shape index (κ3) is 3.08. The Bertz CT molecular complexity index is 1030.